The molecule has 4 heteroatoms. The van der Waals surface area contributed by atoms with E-state index in [-0.39, 0.29) is 11.9 Å². The number of aliphatic carboxylic acids is 1. The minimum atomic E-state index is -1.33. The molecule has 0 rings (SSSR count). The number of hydrogen-bond donors (Lipinski definition) is 1. The Kier molecular flexibility index (Phi) is 3.46. The summed E-state index contributed by atoms with van der Waals surface area (Å²) in [4.78, 5) is 23.8. The molecule has 0 fully saturated rings. The first-order chi connectivity index (χ1) is 5.71. The summed E-state index contributed by atoms with van der Waals surface area (Å²) in [5.41, 5.74) is -1.33. The van der Waals surface area contributed by atoms with Crippen LogP contribution in [0.2, 0.25) is 0 Å². The van der Waals surface area contributed by atoms with Gasteiger partial charge in [0, 0.05) is 13.1 Å². The van der Waals surface area contributed by atoms with Crippen LogP contribution in [0, 0.1) is 5.41 Å². The number of carbonyl (C=O) groups excluding carboxylic acids is 1. The first-order valence-electron chi connectivity index (χ1n) is 4.22. The second-order valence-electron chi connectivity index (χ2n) is 3.94. The first-order valence-corrected chi connectivity index (χ1v) is 4.22. The summed E-state index contributed by atoms with van der Waals surface area (Å²) in [6, 6.07) is 0.0196. The summed E-state index contributed by atoms with van der Waals surface area (Å²) < 4.78 is 0. The highest BCUT2D eigenvalue weighted by atomic mass is 16.4. The summed E-state index contributed by atoms with van der Waals surface area (Å²) in [7, 11) is 1.61. The molecule has 0 aliphatic rings. The van der Waals surface area contributed by atoms with Crippen LogP contribution < -0.4 is 0 Å². The summed E-state index contributed by atoms with van der Waals surface area (Å²) in [5.74, 6) is -1.46. The molecule has 1 N–H and O–H groups in total. The van der Waals surface area contributed by atoms with Crippen LogP contribution in [0.25, 0.3) is 0 Å². The zero-order chi connectivity index (χ0) is 10.8. The smallest absolute Gasteiger partial charge is 0.318 e. The van der Waals surface area contributed by atoms with Gasteiger partial charge in [0.1, 0.15) is 5.41 Å². The molecule has 0 saturated heterocycles. The maximum absolute atomic E-state index is 11.6. The fraction of sp³-hybridized carbons (Fsp3) is 0.778. The molecule has 0 aromatic heterocycles. The lowest BCUT2D eigenvalue weighted by atomic mass is 9.91. The van der Waals surface area contributed by atoms with Crippen molar-refractivity contribution in [1.82, 2.24) is 4.90 Å². The van der Waals surface area contributed by atoms with Crippen molar-refractivity contribution in [3.8, 4) is 0 Å². The Morgan fingerprint density at radius 2 is 1.69 bits per heavy atom. The van der Waals surface area contributed by atoms with Crippen LogP contribution in [0.15, 0.2) is 0 Å². The Hall–Kier alpha value is -1.06. The molecule has 1 amide bonds. The summed E-state index contributed by atoms with van der Waals surface area (Å²) >= 11 is 0. The molecule has 0 bridgehead atoms. The minimum Gasteiger partial charge on any atom is -0.480 e. The lowest BCUT2D eigenvalue weighted by Gasteiger charge is -2.28. The maximum Gasteiger partial charge on any atom is 0.318 e. The minimum absolute atomic E-state index is 0.0196. The Bertz CT molecular complexity index is 221. The summed E-state index contributed by atoms with van der Waals surface area (Å²) in [6.45, 7) is 6.51. The normalized spacial score (nSPS) is 11.5. The predicted octanol–water partition coefficient (Wildman–Crippen LogP) is 0.964. The van der Waals surface area contributed by atoms with Crippen molar-refractivity contribution in [1.29, 1.82) is 0 Å². The summed E-state index contributed by atoms with van der Waals surface area (Å²) in [5, 5.41) is 8.79. The molecule has 0 aliphatic heterocycles. The van der Waals surface area contributed by atoms with Gasteiger partial charge in [-0.3, -0.25) is 9.59 Å². The second kappa shape index (κ2) is 3.77. The molecule has 0 aliphatic carbocycles. The highest BCUT2D eigenvalue weighted by molar-refractivity contribution is 6.00. The molecule has 0 heterocycles. The second-order valence-corrected chi connectivity index (χ2v) is 3.94. The topological polar surface area (TPSA) is 57.6 Å². The molecule has 0 aromatic carbocycles. The zero-order valence-electron chi connectivity index (χ0n) is 8.79. The van der Waals surface area contributed by atoms with Crippen molar-refractivity contribution >= 4 is 11.9 Å². The van der Waals surface area contributed by atoms with E-state index in [0.29, 0.717) is 0 Å². The van der Waals surface area contributed by atoms with Gasteiger partial charge in [-0.05, 0) is 27.7 Å². The van der Waals surface area contributed by atoms with Crippen molar-refractivity contribution < 1.29 is 14.7 Å². The van der Waals surface area contributed by atoms with Gasteiger partial charge in [0.2, 0.25) is 5.91 Å². The van der Waals surface area contributed by atoms with Gasteiger partial charge in [-0.15, -0.1) is 0 Å². The number of nitrogens with zero attached hydrogens (tertiary/aromatic N) is 1. The Morgan fingerprint density at radius 3 is 1.92 bits per heavy atom. The molecule has 76 valence electrons. The lowest BCUT2D eigenvalue weighted by molar-refractivity contribution is -0.158. The van der Waals surface area contributed by atoms with E-state index in [0.717, 1.165) is 0 Å². The maximum atomic E-state index is 11.6. The fourth-order valence-electron chi connectivity index (χ4n) is 0.767. The van der Waals surface area contributed by atoms with Crippen molar-refractivity contribution in [2.24, 2.45) is 5.41 Å². The highest BCUT2D eigenvalue weighted by Crippen LogP contribution is 2.19. The highest BCUT2D eigenvalue weighted by Gasteiger charge is 2.38. The number of amides is 1. The third-order valence-corrected chi connectivity index (χ3v) is 2.16. The molecule has 0 atom stereocenters. The molecule has 0 radical (unpaired) electrons. The van der Waals surface area contributed by atoms with Gasteiger partial charge in [0.25, 0.3) is 0 Å². The van der Waals surface area contributed by atoms with Crippen molar-refractivity contribution in [2.45, 2.75) is 33.7 Å². The Labute approximate surface area is 78.5 Å². The van der Waals surface area contributed by atoms with E-state index >= 15 is 0 Å². The van der Waals surface area contributed by atoms with E-state index < -0.39 is 11.4 Å². The molecule has 13 heavy (non-hydrogen) atoms. The third kappa shape index (κ3) is 2.44. The van der Waals surface area contributed by atoms with Crippen LogP contribution in [0.3, 0.4) is 0 Å². The predicted molar refractivity (Wildman–Crippen MR) is 49.3 cm³/mol. The van der Waals surface area contributed by atoms with Gasteiger partial charge in [-0.2, -0.15) is 0 Å². The van der Waals surface area contributed by atoms with Gasteiger partial charge in [-0.25, -0.2) is 0 Å². The number of carboxylic acids is 1. The third-order valence-electron chi connectivity index (χ3n) is 2.16. The standard InChI is InChI=1S/C9H17NO3/c1-6(2)10(5)7(11)9(3,4)8(12)13/h6H,1-5H3,(H,12,13). The van der Waals surface area contributed by atoms with Gasteiger partial charge in [-0.1, -0.05) is 0 Å². The first kappa shape index (κ1) is 11.9. The Morgan fingerprint density at radius 1 is 1.31 bits per heavy atom. The molecular weight excluding hydrogens is 170 g/mol. The van der Waals surface area contributed by atoms with Gasteiger partial charge in [0.05, 0.1) is 0 Å². The van der Waals surface area contributed by atoms with Crippen LogP contribution in [0.1, 0.15) is 27.7 Å². The zero-order valence-corrected chi connectivity index (χ0v) is 8.79. The quantitative estimate of drug-likeness (QED) is 0.669. The van der Waals surface area contributed by atoms with Crippen LogP contribution in [-0.4, -0.2) is 35.0 Å². The average molecular weight is 187 g/mol. The van der Waals surface area contributed by atoms with Crippen LogP contribution in [0.5, 0.6) is 0 Å². The van der Waals surface area contributed by atoms with Crippen LogP contribution in [0.4, 0.5) is 0 Å². The molecule has 0 spiro atoms. The van der Waals surface area contributed by atoms with Gasteiger partial charge < -0.3 is 10.0 Å². The van der Waals surface area contributed by atoms with Crippen molar-refractivity contribution in [2.75, 3.05) is 7.05 Å². The van der Waals surface area contributed by atoms with Gasteiger partial charge in [0.15, 0.2) is 0 Å². The summed E-state index contributed by atoms with van der Waals surface area (Å²) in [6.07, 6.45) is 0. The van der Waals surface area contributed by atoms with E-state index in [1.165, 1.54) is 18.7 Å². The lowest BCUT2D eigenvalue weighted by Crippen LogP contribution is -2.46. The van der Waals surface area contributed by atoms with E-state index in [9.17, 15) is 9.59 Å². The van der Waals surface area contributed by atoms with Crippen LogP contribution in [-0.2, 0) is 9.59 Å². The van der Waals surface area contributed by atoms with E-state index in [2.05, 4.69) is 0 Å². The van der Waals surface area contributed by atoms with E-state index in [4.69, 9.17) is 5.11 Å². The molecular formula is C9H17NO3. The monoisotopic (exact) mass is 187 g/mol. The van der Waals surface area contributed by atoms with Crippen molar-refractivity contribution in [3.05, 3.63) is 0 Å². The fourth-order valence-corrected chi connectivity index (χ4v) is 0.767. The van der Waals surface area contributed by atoms with Crippen LogP contribution >= 0.6 is 0 Å². The largest absolute Gasteiger partial charge is 0.480 e. The average Bonchev–Trinajstić information content (AvgIpc) is 2.01. The number of carboxylic acid groups (broad SMARTS) is 1. The Balaban J connectivity index is 4.69. The number of rotatable bonds is 3. The number of carbonyl (C=O) groups is 2. The molecule has 0 saturated carbocycles. The molecule has 4 nitrogen and oxygen atoms in total. The van der Waals surface area contributed by atoms with Gasteiger partial charge >= 0.3 is 5.97 Å². The molecule has 0 aromatic rings. The number of hydrogen-bond acceptors (Lipinski definition) is 2. The molecule has 0 unspecified atom stereocenters. The van der Waals surface area contributed by atoms with E-state index in [1.807, 2.05) is 13.8 Å². The van der Waals surface area contributed by atoms with Crippen molar-refractivity contribution in [3.63, 3.8) is 0 Å². The SMILES string of the molecule is CC(C)N(C)C(=O)C(C)(C)C(=O)O. The van der Waals surface area contributed by atoms with E-state index in [1.54, 1.807) is 7.05 Å².